The van der Waals surface area contributed by atoms with Crippen molar-refractivity contribution in [3.05, 3.63) is 47.5 Å². The molecule has 0 fully saturated rings. The second-order valence-electron chi connectivity index (χ2n) is 2.73. The Morgan fingerprint density at radius 2 is 2.07 bits per heavy atom. The highest BCUT2D eigenvalue weighted by molar-refractivity contribution is 8.00. The summed E-state index contributed by atoms with van der Waals surface area (Å²) in [4.78, 5) is 11.5. The molecule has 0 atom stereocenters. The summed E-state index contributed by atoms with van der Waals surface area (Å²) in [5.74, 6) is 1.43. The van der Waals surface area contributed by atoms with Gasteiger partial charge in [0.2, 0.25) is 0 Å². The number of carbonyl (C=O) groups excluding carboxylic acids is 1. The van der Waals surface area contributed by atoms with E-state index in [1.807, 2.05) is 0 Å². The molecule has 1 aromatic rings. The molecule has 0 radical (unpaired) electrons. The van der Waals surface area contributed by atoms with E-state index in [9.17, 15) is 4.79 Å². The molecule has 0 saturated carbocycles. The molecular weight excluding hydrogens is 216 g/mol. The van der Waals surface area contributed by atoms with Gasteiger partial charge in [-0.3, -0.25) is 4.79 Å². The first-order chi connectivity index (χ1) is 6.74. The lowest BCUT2D eigenvalue weighted by Crippen LogP contribution is -2.02. The first-order valence-electron chi connectivity index (χ1n) is 4.21. The van der Waals surface area contributed by atoms with E-state index in [1.54, 1.807) is 42.1 Å². The Hall–Kier alpha value is -0.730. The maximum absolute atomic E-state index is 11.5. The fraction of sp³-hybridized carbons (Fsp3) is 0.182. The number of halogens is 1. The molecule has 0 bridgehead atoms. The average molecular weight is 227 g/mol. The zero-order valence-corrected chi connectivity index (χ0v) is 9.27. The molecular formula is C11H11ClOS. The van der Waals surface area contributed by atoms with Gasteiger partial charge < -0.3 is 0 Å². The predicted octanol–water partition coefficient (Wildman–Crippen LogP) is 3.44. The van der Waals surface area contributed by atoms with Crippen molar-refractivity contribution in [1.82, 2.24) is 0 Å². The first kappa shape index (κ1) is 11.3. The minimum Gasteiger partial charge on any atom is -0.293 e. The van der Waals surface area contributed by atoms with Crippen molar-refractivity contribution in [1.29, 1.82) is 0 Å². The molecule has 0 spiro atoms. The molecule has 1 rings (SSSR count). The Morgan fingerprint density at radius 3 is 2.64 bits per heavy atom. The number of benzene rings is 1. The van der Waals surface area contributed by atoms with Crippen molar-refractivity contribution < 1.29 is 4.79 Å². The lowest BCUT2D eigenvalue weighted by Gasteiger charge is -1.99. The summed E-state index contributed by atoms with van der Waals surface area (Å²) in [6.45, 7) is 3.59. The Balaban J connectivity index is 2.52. The van der Waals surface area contributed by atoms with Crippen molar-refractivity contribution in [3.8, 4) is 0 Å². The molecule has 3 heteroatoms. The van der Waals surface area contributed by atoms with Crippen LogP contribution in [0.1, 0.15) is 10.4 Å². The summed E-state index contributed by atoms with van der Waals surface area (Å²) in [6.07, 6.45) is 1.79. The van der Waals surface area contributed by atoms with Crippen LogP contribution in [-0.4, -0.2) is 17.3 Å². The van der Waals surface area contributed by atoms with Gasteiger partial charge in [0.05, 0.1) is 5.75 Å². The van der Waals surface area contributed by atoms with Crippen molar-refractivity contribution in [2.75, 3.05) is 11.5 Å². The van der Waals surface area contributed by atoms with Gasteiger partial charge in [-0.2, -0.15) is 0 Å². The number of hydrogen-bond acceptors (Lipinski definition) is 2. The molecule has 0 aromatic heterocycles. The maximum atomic E-state index is 11.5. The highest BCUT2D eigenvalue weighted by Crippen LogP contribution is 2.12. The van der Waals surface area contributed by atoms with Gasteiger partial charge >= 0.3 is 0 Å². The van der Waals surface area contributed by atoms with Crippen molar-refractivity contribution in [2.45, 2.75) is 0 Å². The summed E-state index contributed by atoms with van der Waals surface area (Å²) in [5.41, 5.74) is 0.714. The van der Waals surface area contributed by atoms with Crippen LogP contribution in [-0.2, 0) is 0 Å². The number of rotatable bonds is 5. The van der Waals surface area contributed by atoms with Gasteiger partial charge in [0.15, 0.2) is 5.78 Å². The van der Waals surface area contributed by atoms with Crippen LogP contribution in [0.15, 0.2) is 36.9 Å². The molecule has 1 aromatic carbocycles. The Morgan fingerprint density at radius 1 is 1.43 bits per heavy atom. The summed E-state index contributed by atoms with van der Waals surface area (Å²) in [6, 6.07) is 6.96. The standard InChI is InChI=1S/C11H11ClOS/c1-2-7-14-8-11(13)9-3-5-10(12)6-4-9/h2-6H,1,7-8H2. The lowest BCUT2D eigenvalue weighted by atomic mass is 10.1. The van der Waals surface area contributed by atoms with Crippen LogP contribution in [0.25, 0.3) is 0 Å². The minimum atomic E-state index is 0.133. The zero-order valence-electron chi connectivity index (χ0n) is 7.70. The second kappa shape index (κ2) is 5.89. The third kappa shape index (κ3) is 3.56. The van der Waals surface area contributed by atoms with Gasteiger partial charge in [0.25, 0.3) is 0 Å². The van der Waals surface area contributed by atoms with Crippen LogP contribution >= 0.6 is 23.4 Å². The lowest BCUT2D eigenvalue weighted by molar-refractivity contribution is 0.102. The molecule has 0 aliphatic rings. The average Bonchev–Trinajstić information content (AvgIpc) is 2.19. The fourth-order valence-electron chi connectivity index (χ4n) is 0.954. The van der Waals surface area contributed by atoms with Crippen molar-refractivity contribution in [2.24, 2.45) is 0 Å². The topological polar surface area (TPSA) is 17.1 Å². The normalized spacial score (nSPS) is 9.79. The highest BCUT2D eigenvalue weighted by Gasteiger charge is 2.04. The van der Waals surface area contributed by atoms with Crippen molar-refractivity contribution >= 4 is 29.1 Å². The number of Topliss-reactive ketones (excluding diaryl/α,β-unsaturated/α-hetero) is 1. The van der Waals surface area contributed by atoms with E-state index in [2.05, 4.69) is 6.58 Å². The number of ketones is 1. The summed E-state index contributed by atoms with van der Waals surface area (Å²) < 4.78 is 0. The molecule has 0 aliphatic heterocycles. The van der Waals surface area contributed by atoms with Gasteiger partial charge in [-0.05, 0) is 24.3 Å². The van der Waals surface area contributed by atoms with Crippen LogP contribution in [0.3, 0.4) is 0 Å². The Kier molecular flexibility index (Phi) is 4.77. The summed E-state index contributed by atoms with van der Waals surface area (Å²) >= 11 is 7.27. The van der Waals surface area contributed by atoms with Crippen LogP contribution < -0.4 is 0 Å². The van der Waals surface area contributed by atoms with Crippen LogP contribution in [0, 0.1) is 0 Å². The van der Waals surface area contributed by atoms with Crippen LogP contribution in [0.5, 0.6) is 0 Å². The van der Waals surface area contributed by atoms with E-state index in [0.29, 0.717) is 16.3 Å². The predicted molar refractivity (Wildman–Crippen MR) is 63.3 cm³/mol. The van der Waals surface area contributed by atoms with E-state index in [-0.39, 0.29) is 5.78 Å². The van der Waals surface area contributed by atoms with Gasteiger partial charge in [-0.1, -0.05) is 17.7 Å². The molecule has 0 heterocycles. The first-order valence-corrected chi connectivity index (χ1v) is 5.74. The smallest absolute Gasteiger partial charge is 0.172 e. The third-order valence-electron chi connectivity index (χ3n) is 1.64. The van der Waals surface area contributed by atoms with Gasteiger partial charge in [0.1, 0.15) is 0 Å². The second-order valence-corrected chi connectivity index (χ2v) is 4.20. The maximum Gasteiger partial charge on any atom is 0.172 e. The van der Waals surface area contributed by atoms with Crippen molar-refractivity contribution in [3.63, 3.8) is 0 Å². The summed E-state index contributed by atoms with van der Waals surface area (Å²) in [5, 5.41) is 0.653. The molecule has 0 unspecified atom stereocenters. The largest absolute Gasteiger partial charge is 0.293 e. The van der Waals surface area contributed by atoms with E-state index < -0.39 is 0 Å². The molecule has 74 valence electrons. The molecule has 0 aliphatic carbocycles. The van der Waals surface area contributed by atoms with Gasteiger partial charge in [-0.15, -0.1) is 18.3 Å². The highest BCUT2D eigenvalue weighted by atomic mass is 35.5. The number of carbonyl (C=O) groups is 1. The quantitative estimate of drug-likeness (QED) is 0.435. The minimum absolute atomic E-state index is 0.133. The third-order valence-corrected chi connectivity index (χ3v) is 2.82. The molecule has 0 amide bonds. The van der Waals surface area contributed by atoms with Crippen LogP contribution in [0.4, 0.5) is 0 Å². The van der Waals surface area contributed by atoms with Gasteiger partial charge in [-0.25, -0.2) is 0 Å². The number of thioether (sulfide) groups is 1. The molecule has 14 heavy (non-hydrogen) atoms. The Bertz CT molecular complexity index is 319. The van der Waals surface area contributed by atoms with E-state index in [0.717, 1.165) is 5.75 Å². The molecule has 0 N–H and O–H groups in total. The Labute approximate surface area is 93.2 Å². The van der Waals surface area contributed by atoms with E-state index in [4.69, 9.17) is 11.6 Å². The fourth-order valence-corrected chi connectivity index (χ4v) is 1.72. The zero-order chi connectivity index (χ0) is 10.4. The van der Waals surface area contributed by atoms with Crippen LogP contribution in [0.2, 0.25) is 5.02 Å². The van der Waals surface area contributed by atoms with Gasteiger partial charge in [0, 0.05) is 16.3 Å². The number of hydrogen-bond donors (Lipinski definition) is 0. The van der Waals surface area contributed by atoms with E-state index >= 15 is 0 Å². The monoisotopic (exact) mass is 226 g/mol. The molecule has 0 saturated heterocycles. The molecule has 1 nitrogen and oxygen atoms in total. The van der Waals surface area contributed by atoms with E-state index in [1.165, 1.54) is 0 Å². The SMILES string of the molecule is C=CCSCC(=O)c1ccc(Cl)cc1. The summed E-state index contributed by atoms with van der Waals surface area (Å²) in [7, 11) is 0.